The number of benzene rings is 1. The van der Waals surface area contributed by atoms with Crippen LogP contribution < -0.4 is 5.14 Å². The largest absolute Gasteiger partial charge is 0.319 e. The van der Waals surface area contributed by atoms with Gasteiger partial charge in [0.1, 0.15) is 5.78 Å². The number of aromatic nitrogens is 2. The second-order valence-electron chi connectivity index (χ2n) is 4.52. The Morgan fingerprint density at radius 2 is 2.10 bits per heavy atom. The van der Waals surface area contributed by atoms with E-state index < -0.39 is 10.0 Å². The second kappa shape index (κ2) is 6.17. The number of aryl methyl sites for hydroxylation is 1. The normalized spacial score (nSPS) is 12.0. The molecule has 1 heterocycles. The summed E-state index contributed by atoms with van der Waals surface area (Å²) in [5.74, 6) is 0.516. The zero-order valence-corrected chi connectivity index (χ0v) is 13.5. The van der Waals surface area contributed by atoms with Gasteiger partial charge in [-0.2, -0.15) is 0 Å². The number of imidazole rings is 1. The van der Waals surface area contributed by atoms with Crippen LogP contribution in [0.3, 0.4) is 0 Å². The summed E-state index contributed by atoms with van der Waals surface area (Å²) in [5, 5.41) is 5.84. The quantitative estimate of drug-likeness (QED) is 0.816. The van der Waals surface area contributed by atoms with Crippen molar-refractivity contribution in [2.24, 2.45) is 5.14 Å². The molecular formula is C13H17N3O3S2. The summed E-state index contributed by atoms with van der Waals surface area (Å²) in [4.78, 5) is 15.9. The fraction of sp³-hybridized carbons (Fsp3) is 0.385. The van der Waals surface area contributed by atoms with Gasteiger partial charge in [-0.1, -0.05) is 18.7 Å². The third-order valence-electron chi connectivity index (χ3n) is 3.09. The number of primary sulfonamides is 1. The third-order valence-corrected chi connectivity index (χ3v) is 5.03. The second-order valence-corrected chi connectivity index (χ2v) is 7.02. The molecule has 0 saturated heterocycles. The molecule has 0 aliphatic carbocycles. The van der Waals surface area contributed by atoms with Crippen molar-refractivity contribution in [2.75, 3.05) is 5.75 Å². The number of rotatable bonds is 6. The van der Waals surface area contributed by atoms with Crippen molar-refractivity contribution >= 4 is 38.6 Å². The van der Waals surface area contributed by atoms with Crippen molar-refractivity contribution in [2.45, 2.75) is 36.9 Å². The van der Waals surface area contributed by atoms with E-state index in [-0.39, 0.29) is 10.7 Å². The molecule has 0 bridgehead atoms. The molecule has 2 rings (SSSR count). The van der Waals surface area contributed by atoms with Crippen LogP contribution in [-0.2, 0) is 21.4 Å². The van der Waals surface area contributed by atoms with E-state index in [0.717, 1.165) is 5.52 Å². The molecule has 0 unspecified atom stereocenters. The minimum atomic E-state index is -3.74. The van der Waals surface area contributed by atoms with Crippen molar-refractivity contribution in [3.05, 3.63) is 18.2 Å². The average Bonchev–Trinajstić information content (AvgIpc) is 2.80. The molecule has 2 aromatic rings. The molecule has 0 fully saturated rings. The van der Waals surface area contributed by atoms with Gasteiger partial charge < -0.3 is 4.57 Å². The van der Waals surface area contributed by atoms with Crippen molar-refractivity contribution < 1.29 is 13.2 Å². The highest BCUT2D eigenvalue weighted by Gasteiger charge is 2.15. The molecule has 1 aromatic heterocycles. The van der Waals surface area contributed by atoms with Crippen LogP contribution >= 0.6 is 11.8 Å². The lowest BCUT2D eigenvalue weighted by atomic mass is 10.3. The number of nitrogens with zero attached hydrogens (tertiary/aromatic N) is 2. The summed E-state index contributed by atoms with van der Waals surface area (Å²) in [5.41, 5.74) is 1.39. The molecule has 0 saturated carbocycles. The molecule has 1 aromatic carbocycles. The fourth-order valence-corrected chi connectivity index (χ4v) is 3.50. The van der Waals surface area contributed by atoms with Crippen LogP contribution in [-0.4, -0.2) is 29.5 Å². The lowest BCUT2D eigenvalue weighted by molar-refractivity contribution is -0.116. The standard InChI is InChI=1S/C13H17N3O3S2/c1-3-9(17)8-20-13-15-11-7-10(21(14,18)19)5-6-12(11)16(13)4-2/h5-7H,3-4,8H2,1-2H3,(H2,14,18,19). The number of ketones is 1. The first-order valence-electron chi connectivity index (χ1n) is 6.54. The maximum Gasteiger partial charge on any atom is 0.238 e. The topological polar surface area (TPSA) is 95.1 Å². The van der Waals surface area contributed by atoms with E-state index in [1.165, 1.54) is 23.9 Å². The maximum atomic E-state index is 11.4. The number of carbonyl (C=O) groups is 1. The Kier molecular flexibility index (Phi) is 4.70. The minimum Gasteiger partial charge on any atom is -0.319 e. The summed E-state index contributed by atoms with van der Waals surface area (Å²) in [6.45, 7) is 4.48. The van der Waals surface area contributed by atoms with Crippen LogP contribution in [0.15, 0.2) is 28.3 Å². The van der Waals surface area contributed by atoms with Gasteiger partial charge in [-0.05, 0) is 25.1 Å². The van der Waals surface area contributed by atoms with Crippen molar-refractivity contribution in [1.29, 1.82) is 0 Å². The zero-order chi connectivity index (χ0) is 15.6. The lowest BCUT2D eigenvalue weighted by Crippen LogP contribution is -2.11. The summed E-state index contributed by atoms with van der Waals surface area (Å²) >= 11 is 1.37. The molecule has 0 amide bonds. The fourth-order valence-electron chi connectivity index (χ4n) is 1.93. The van der Waals surface area contributed by atoms with Gasteiger partial charge in [0.2, 0.25) is 10.0 Å². The first-order chi connectivity index (χ1) is 9.86. The van der Waals surface area contributed by atoms with Crippen LogP contribution in [0.4, 0.5) is 0 Å². The highest BCUT2D eigenvalue weighted by atomic mass is 32.2. The molecule has 0 spiro atoms. The van der Waals surface area contributed by atoms with Crippen LogP contribution in [0.5, 0.6) is 0 Å². The smallest absolute Gasteiger partial charge is 0.238 e. The predicted octanol–water partition coefficient (Wildman–Crippen LogP) is 1.77. The number of thioether (sulfide) groups is 1. The van der Waals surface area contributed by atoms with E-state index in [1.807, 2.05) is 18.4 Å². The summed E-state index contributed by atoms with van der Waals surface area (Å²) in [6, 6.07) is 4.62. The van der Waals surface area contributed by atoms with Gasteiger partial charge in [0, 0.05) is 13.0 Å². The maximum absolute atomic E-state index is 11.4. The highest BCUT2D eigenvalue weighted by molar-refractivity contribution is 7.99. The molecule has 8 heteroatoms. The van der Waals surface area contributed by atoms with E-state index in [9.17, 15) is 13.2 Å². The van der Waals surface area contributed by atoms with Gasteiger partial charge in [0.05, 0.1) is 21.7 Å². The number of fused-ring (bicyclic) bond motifs is 1. The van der Waals surface area contributed by atoms with Gasteiger partial charge in [-0.15, -0.1) is 0 Å². The summed E-state index contributed by atoms with van der Waals surface area (Å²) in [6.07, 6.45) is 0.495. The molecule has 2 N–H and O–H groups in total. The molecule has 114 valence electrons. The molecule has 0 aliphatic heterocycles. The Balaban J connectivity index is 2.45. The van der Waals surface area contributed by atoms with Gasteiger partial charge in [0.15, 0.2) is 5.16 Å². The van der Waals surface area contributed by atoms with E-state index in [2.05, 4.69) is 4.98 Å². The number of nitrogens with two attached hydrogens (primary N) is 1. The highest BCUT2D eigenvalue weighted by Crippen LogP contribution is 2.26. The summed E-state index contributed by atoms with van der Waals surface area (Å²) < 4.78 is 24.7. The van der Waals surface area contributed by atoms with Gasteiger partial charge in [-0.25, -0.2) is 18.5 Å². The van der Waals surface area contributed by atoms with Crippen LogP contribution in [0.1, 0.15) is 20.3 Å². The van der Waals surface area contributed by atoms with Crippen LogP contribution in [0.25, 0.3) is 11.0 Å². The van der Waals surface area contributed by atoms with Gasteiger partial charge in [0.25, 0.3) is 0 Å². The number of Topliss-reactive ketones (excluding diaryl/α,β-unsaturated/α-hetero) is 1. The zero-order valence-electron chi connectivity index (χ0n) is 11.9. The Bertz CT molecular complexity index is 781. The summed E-state index contributed by atoms with van der Waals surface area (Å²) in [7, 11) is -3.74. The van der Waals surface area contributed by atoms with E-state index >= 15 is 0 Å². The Labute approximate surface area is 127 Å². The SMILES string of the molecule is CCC(=O)CSc1nc2cc(S(N)(=O)=O)ccc2n1CC. The minimum absolute atomic E-state index is 0.0388. The molecular weight excluding hydrogens is 310 g/mol. The Hall–Kier alpha value is -1.38. The first kappa shape index (κ1) is 16.0. The van der Waals surface area contributed by atoms with Crippen molar-refractivity contribution in [1.82, 2.24) is 9.55 Å². The molecule has 0 aliphatic rings. The van der Waals surface area contributed by atoms with Crippen LogP contribution in [0.2, 0.25) is 0 Å². The van der Waals surface area contributed by atoms with Crippen LogP contribution in [0, 0.1) is 0 Å². The van der Waals surface area contributed by atoms with E-state index in [0.29, 0.717) is 29.4 Å². The molecule has 21 heavy (non-hydrogen) atoms. The third kappa shape index (κ3) is 3.45. The van der Waals surface area contributed by atoms with Crippen molar-refractivity contribution in [3.63, 3.8) is 0 Å². The molecule has 6 nitrogen and oxygen atoms in total. The van der Waals surface area contributed by atoms with E-state index in [4.69, 9.17) is 5.14 Å². The predicted molar refractivity (Wildman–Crippen MR) is 82.8 cm³/mol. The Morgan fingerprint density at radius 3 is 2.67 bits per heavy atom. The average molecular weight is 327 g/mol. The Morgan fingerprint density at radius 1 is 1.38 bits per heavy atom. The number of sulfonamides is 1. The van der Waals surface area contributed by atoms with Crippen molar-refractivity contribution in [3.8, 4) is 0 Å². The molecule has 0 radical (unpaired) electrons. The first-order valence-corrected chi connectivity index (χ1v) is 9.07. The van der Waals surface area contributed by atoms with E-state index in [1.54, 1.807) is 6.07 Å². The lowest BCUT2D eigenvalue weighted by Gasteiger charge is -2.05. The van der Waals surface area contributed by atoms with Gasteiger partial charge in [-0.3, -0.25) is 4.79 Å². The number of carbonyl (C=O) groups excluding carboxylic acids is 1. The molecule has 0 atom stereocenters. The number of hydrogen-bond donors (Lipinski definition) is 1. The van der Waals surface area contributed by atoms with Gasteiger partial charge >= 0.3 is 0 Å². The number of hydrogen-bond acceptors (Lipinski definition) is 5. The monoisotopic (exact) mass is 327 g/mol.